The van der Waals surface area contributed by atoms with E-state index in [1.165, 1.54) is 19.1 Å². The van der Waals surface area contributed by atoms with E-state index in [1.807, 2.05) is 4.72 Å². The third-order valence-electron chi connectivity index (χ3n) is 2.71. The third-order valence-corrected chi connectivity index (χ3v) is 4.31. The van der Waals surface area contributed by atoms with Crippen LogP contribution in [0.15, 0.2) is 35.2 Å². The molecule has 0 radical (unpaired) electrons. The zero-order valence-corrected chi connectivity index (χ0v) is 12.4. The van der Waals surface area contributed by atoms with Crippen molar-refractivity contribution in [3.8, 4) is 0 Å². The number of nitrogen functional groups attached to an aromatic ring is 1. The van der Waals surface area contributed by atoms with Gasteiger partial charge in [-0.2, -0.15) is 0 Å². The molecular formula is C13H11ClF2N2O2S. The minimum atomic E-state index is -4.33. The summed E-state index contributed by atoms with van der Waals surface area (Å²) in [7, 11) is -4.33. The van der Waals surface area contributed by atoms with Crippen molar-refractivity contribution >= 4 is 33.0 Å². The molecule has 2 aromatic rings. The summed E-state index contributed by atoms with van der Waals surface area (Å²) in [6, 6.07) is 5.62. The second kappa shape index (κ2) is 5.50. The summed E-state index contributed by atoms with van der Waals surface area (Å²) in [6.07, 6.45) is 0. The molecule has 0 aliphatic carbocycles. The monoisotopic (exact) mass is 332 g/mol. The average Bonchev–Trinajstić information content (AvgIpc) is 2.37. The van der Waals surface area contributed by atoms with Crippen LogP contribution in [0.1, 0.15) is 5.56 Å². The molecule has 0 aliphatic rings. The van der Waals surface area contributed by atoms with Crippen LogP contribution < -0.4 is 10.5 Å². The van der Waals surface area contributed by atoms with Crippen molar-refractivity contribution in [2.45, 2.75) is 11.8 Å². The molecule has 0 aromatic heterocycles. The fraction of sp³-hybridized carbons (Fsp3) is 0.0769. The van der Waals surface area contributed by atoms with E-state index in [2.05, 4.69) is 0 Å². The van der Waals surface area contributed by atoms with Crippen molar-refractivity contribution in [2.75, 3.05) is 10.5 Å². The van der Waals surface area contributed by atoms with Crippen molar-refractivity contribution in [3.63, 3.8) is 0 Å². The Balaban J connectivity index is 2.51. The van der Waals surface area contributed by atoms with Gasteiger partial charge < -0.3 is 5.73 Å². The Kier molecular flexibility index (Phi) is 4.06. The number of aryl methyl sites for hydroxylation is 1. The van der Waals surface area contributed by atoms with Gasteiger partial charge in [-0.25, -0.2) is 17.2 Å². The SMILES string of the molecule is Cc1cc(N)cc(S(=O)(=O)Nc2cc(Cl)ccc2F)c1F. The Labute approximate surface area is 125 Å². The Morgan fingerprint density at radius 1 is 1.19 bits per heavy atom. The van der Waals surface area contributed by atoms with E-state index in [4.69, 9.17) is 17.3 Å². The number of anilines is 2. The number of nitrogens with two attached hydrogens (primary N) is 1. The number of benzene rings is 2. The van der Waals surface area contributed by atoms with Gasteiger partial charge in [-0.05, 0) is 42.8 Å². The van der Waals surface area contributed by atoms with Crippen LogP contribution in [-0.2, 0) is 10.0 Å². The first-order chi connectivity index (χ1) is 9.70. The van der Waals surface area contributed by atoms with Crippen molar-refractivity contribution in [1.82, 2.24) is 0 Å². The lowest BCUT2D eigenvalue weighted by atomic mass is 10.2. The quantitative estimate of drug-likeness (QED) is 0.847. The first kappa shape index (κ1) is 15.5. The first-order valence-corrected chi connectivity index (χ1v) is 7.60. The van der Waals surface area contributed by atoms with Crippen LogP contribution in [-0.4, -0.2) is 8.42 Å². The second-order valence-corrected chi connectivity index (χ2v) is 6.47. The van der Waals surface area contributed by atoms with E-state index < -0.39 is 26.6 Å². The Bertz CT molecular complexity index is 810. The highest BCUT2D eigenvalue weighted by atomic mass is 35.5. The van der Waals surface area contributed by atoms with Gasteiger partial charge in [-0.3, -0.25) is 4.72 Å². The lowest BCUT2D eigenvalue weighted by molar-refractivity contribution is 0.564. The summed E-state index contributed by atoms with van der Waals surface area (Å²) in [5.74, 6) is -1.77. The van der Waals surface area contributed by atoms with Crippen LogP contribution in [0.25, 0.3) is 0 Å². The molecule has 0 aliphatic heterocycles. The smallest absolute Gasteiger partial charge is 0.264 e. The van der Waals surface area contributed by atoms with Gasteiger partial charge in [-0.1, -0.05) is 11.6 Å². The summed E-state index contributed by atoms with van der Waals surface area (Å²) < 4.78 is 53.8. The molecule has 21 heavy (non-hydrogen) atoms. The van der Waals surface area contributed by atoms with Crippen molar-refractivity contribution in [2.24, 2.45) is 0 Å². The largest absolute Gasteiger partial charge is 0.399 e. The molecular weight excluding hydrogens is 322 g/mol. The standard InChI is InChI=1S/C13H11ClF2N2O2S/c1-7-4-9(17)6-12(13(7)16)21(19,20)18-11-5-8(14)2-3-10(11)15/h2-6,18H,17H2,1H3. The third kappa shape index (κ3) is 3.25. The fourth-order valence-electron chi connectivity index (χ4n) is 1.74. The molecule has 0 saturated heterocycles. The molecule has 8 heteroatoms. The fourth-order valence-corrected chi connectivity index (χ4v) is 3.15. The van der Waals surface area contributed by atoms with Crippen molar-refractivity contribution in [3.05, 3.63) is 52.6 Å². The molecule has 0 bridgehead atoms. The van der Waals surface area contributed by atoms with Gasteiger partial charge in [0.25, 0.3) is 10.0 Å². The van der Waals surface area contributed by atoms with Crippen molar-refractivity contribution < 1.29 is 17.2 Å². The maximum absolute atomic E-state index is 14.0. The van der Waals surface area contributed by atoms with Crippen LogP contribution in [0.2, 0.25) is 5.02 Å². The topological polar surface area (TPSA) is 72.2 Å². The Morgan fingerprint density at radius 2 is 1.86 bits per heavy atom. The second-order valence-electron chi connectivity index (χ2n) is 4.38. The molecule has 0 unspecified atom stereocenters. The van der Waals surface area contributed by atoms with Crippen LogP contribution in [0.4, 0.5) is 20.2 Å². The molecule has 0 atom stereocenters. The number of hydrogen-bond acceptors (Lipinski definition) is 3. The summed E-state index contributed by atoms with van der Waals surface area (Å²) >= 11 is 5.68. The van der Waals surface area contributed by atoms with Gasteiger partial charge in [0.1, 0.15) is 16.5 Å². The molecule has 112 valence electrons. The van der Waals surface area contributed by atoms with Gasteiger partial charge in [0.15, 0.2) is 0 Å². The average molecular weight is 333 g/mol. The molecule has 0 spiro atoms. The maximum Gasteiger partial charge on any atom is 0.264 e. The van der Waals surface area contributed by atoms with E-state index in [-0.39, 0.29) is 22.0 Å². The minimum absolute atomic E-state index is 0.0712. The lowest BCUT2D eigenvalue weighted by Crippen LogP contribution is -2.16. The summed E-state index contributed by atoms with van der Waals surface area (Å²) in [6.45, 7) is 1.38. The number of nitrogens with one attached hydrogen (secondary N) is 1. The molecule has 0 amide bonds. The number of halogens is 3. The number of hydrogen-bond donors (Lipinski definition) is 2. The van der Waals surface area contributed by atoms with Gasteiger partial charge in [0.2, 0.25) is 0 Å². The molecule has 2 rings (SSSR count). The van der Waals surface area contributed by atoms with Crippen LogP contribution in [0.3, 0.4) is 0 Å². The van der Waals surface area contributed by atoms with E-state index in [0.29, 0.717) is 0 Å². The van der Waals surface area contributed by atoms with Crippen molar-refractivity contribution in [1.29, 1.82) is 0 Å². The normalized spacial score (nSPS) is 11.4. The minimum Gasteiger partial charge on any atom is -0.399 e. The zero-order chi connectivity index (χ0) is 15.8. The lowest BCUT2D eigenvalue weighted by Gasteiger charge is -2.12. The first-order valence-electron chi connectivity index (χ1n) is 5.74. The van der Waals surface area contributed by atoms with E-state index in [1.54, 1.807) is 0 Å². The molecule has 2 aromatic carbocycles. The summed E-state index contributed by atoms with van der Waals surface area (Å²) in [4.78, 5) is -0.653. The molecule has 0 saturated carbocycles. The molecule has 3 N–H and O–H groups in total. The van der Waals surface area contributed by atoms with Gasteiger partial charge in [0, 0.05) is 10.7 Å². The summed E-state index contributed by atoms with van der Waals surface area (Å²) in [5.41, 5.74) is 5.30. The van der Waals surface area contributed by atoms with Crippen LogP contribution >= 0.6 is 11.6 Å². The van der Waals surface area contributed by atoms with Gasteiger partial charge in [0.05, 0.1) is 5.69 Å². The van der Waals surface area contributed by atoms with E-state index in [9.17, 15) is 17.2 Å². The highest BCUT2D eigenvalue weighted by Gasteiger charge is 2.22. The highest BCUT2D eigenvalue weighted by Crippen LogP contribution is 2.26. The Hall–Kier alpha value is -1.86. The van der Waals surface area contributed by atoms with E-state index in [0.717, 1.165) is 18.2 Å². The van der Waals surface area contributed by atoms with Crippen LogP contribution in [0, 0.1) is 18.6 Å². The molecule has 0 heterocycles. The predicted octanol–water partition coefficient (Wildman–Crippen LogP) is 3.31. The summed E-state index contributed by atoms with van der Waals surface area (Å²) in [5, 5.41) is 0.137. The van der Waals surface area contributed by atoms with Gasteiger partial charge >= 0.3 is 0 Å². The van der Waals surface area contributed by atoms with Gasteiger partial charge in [-0.15, -0.1) is 0 Å². The highest BCUT2D eigenvalue weighted by molar-refractivity contribution is 7.92. The number of rotatable bonds is 3. The molecule has 4 nitrogen and oxygen atoms in total. The van der Waals surface area contributed by atoms with E-state index >= 15 is 0 Å². The number of sulfonamides is 1. The Morgan fingerprint density at radius 3 is 2.52 bits per heavy atom. The predicted molar refractivity (Wildman–Crippen MR) is 77.8 cm³/mol. The zero-order valence-electron chi connectivity index (χ0n) is 10.8. The van der Waals surface area contributed by atoms with Crippen LogP contribution in [0.5, 0.6) is 0 Å². The molecule has 0 fully saturated rings. The maximum atomic E-state index is 14.0.